The van der Waals surface area contributed by atoms with E-state index in [9.17, 15) is 9.59 Å². The number of nitrogens with one attached hydrogen (secondary N) is 2. The summed E-state index contributed by atoms with van der Waals surface area (Å²) in [5.74, 6) is -0.265. The molecule has 3 rings (SSSR count). The van der Waals surface area contributed by atoms with Gasteiger partial charge < -0.3 is 4.90 Å². The van der Waals surface area contributed by atoms with Crippen LogP contribution in [-0.4, -0.2) is 39.3 Å². The molecule has 1 atom stereocenters. The first-order valence-corrected chi connectivity index (χ1v) is 9.25. The van der Waals surface area contributed by atoms with Crippen LogP contribution in [0.2, 0.25) is 10.0 Å². The summed E-state index contributed by atoms with van der Waals surface area (Å²) < 4.78 is 0. The van der Waals surface area contributed by atoms with Crippen LogP contribution < -0.4 is 10.9 Å². The van der Waals surface area contributed by atoms with E-state index in [4.69, 9.17) is 23.2 Å². The van der Waals surface area contributed by atoms with E-state index in [1.807, 2.05) is 19.9 Å². The van der Waals surface area contributed by atoms with Crippen molar-refractivity contribution >= 4 is 41.0 Å². The Labute approximate surface area is 167 Å². The van der Waals surface area contributed by atoms with E-state index < -0.39 is 6.04 Å². The van der Waals surface area contributed by atoms with Gasteiger partial charge in [0.2, 0.25) is 5.95 Å². The van der Waals surface area contributed by atoms with Crippen molar-refractivity contribution in [3.8, 4) is 0 Å². The predicted octanol–water partition coefficient (Wildman–Crippen LogP) is 3.15. The third-order valence-electron chi connectivity index (χ3n) is 4.26. The van der Waals surface area contributed by atoms with Gasteiger partial charge in [0.15, 0.2) is 0 Å². The summed E-state index contributed by atoms with van der Waals surface area (Å²) in [6, 6.07) is 5.94. The van der Waals surface area contributed by atoms with Crippen LogP contribution in [0.15, 0.2) is 24.3 Å². The highest BCUT2D eigenvalue weighted by Crippen LogP contribution is 2.26. The molecule has 0 spiro atoms. The fourth-order valence-electron chi connectivity index (χ4n) is 3.06. The Morgan fingerprint density at radius 2 is 1.81 bits per heavy atom. The average molecular weight is 408 g/mol. The summed E-state index contributed by atoms with van der Waals surface area (Å²) in [5.41, 5.74) is 7.29. The molecule has 0 saturated carbocycles. The van der Waals surface area contributed by atoms with Crippen LogP contribution in [0.3, 0.4) is 0 Å². The first-order chi connectivity index (χ1) is 12.8. The molecule has 2 aromatic rings. The molecule has 7 nitrogen and oxygen atoms in total. The zero-order valence-corrected chi connectivity index (χ0v) is 16.4. The van der Waals surface area contributed by atoms with E-state index in [0.29, 0.717) is 34.5 Å². The summed E-state index contributed by atoms with van der Waals surface area (Å²) in [7, 11) is 0. The van der Waals surface area contributed by atoms with Crippen molar-refractivity contribution < 1.29 is 9.59 Å². The van der Waals surface area contributed by atoms with E-state index in [1.165, 1.54) is 6.07 Å². The van der Waals surface area contributed by atoms with Crippen LogP contribution in [0.25, 0.3) is 0 Å². The standard InChI is InChI=1S/C18H19Cl2N5O2/c1-10-8-11(2)22-18(21-10)24-23-16(26)15-4-3-7-25(15)17(27)12-5-6-13(19)14(20)9-12/h5-6,8-9,15H,3-4,7H2,1-2H3,(H,23,26)(H,21,22,24). The molecular formula is C18H19Cl2N5O2. The van der Waals surface area contributed by atoms with Crippen LogP contribution in [0.5, 0.6) is 0 Å². The summed E-state index contributed by atoms with van der Waals surface area (Å²) in [5, 5.41) is 0.679. The maximum Gasteiger partial charge on any atom is 0.261 e. The molecule has 2 heterocycles. The minimum absolute atomic E-state index is 0.256. The van der Waals surface area contributed by atoms with Crippen LogP contribution in [0.4, 0.5) is 5.95 Å². The number of carbonyl (C=O) groups is 2. The summed E-state index contributed by atoms with van der Waals surface area (Å²) in [4.78, 5) is 35.3. The number of benzene rings is 1. The van der Waals surface area contributed by atoms with Gasteiger partial charge in [-0.1, -0.05) is 23.2 Å². The van der Waals surface area contributed by atoms with Gasteiger partial charge >= 0.3 is 0 Å². The van der Waals surface area contributed by atoms with Gasteiger partial charge in [-0.3, -0.25) is 20.4 Å². The maximum atomic E-state index is 12.8. The van der Waals surface area contributed by atoms with Crippen molar-refractivity contribution in [3.05, 3.63) is 51.3 Å². The van der Waals surface area contributed by atoms with Crippen molar-refractivity contribution in [2.45, 2.75) is 32.7 Å². The normalized spacial score (nSPS) is 16.3. The Kier molecular flexibility index (Phi) is 5.82. The number of amides is 2. The van der Waals surface area contributed by atoms with Crippen LogP contribution in [0.1, 0.15) is 34.6 Å². The molecule has 1 aromatic heterocycles. The molecule has 1 aliphatic heterocycles. The number of nitrogens with zero attached hydrogens (tertiary/aromatic N) is 3. The third kappa shape index (κ3) is 4.48. The number of halogens is 2. The van der Waals surface area contributed by atoms with Gasteiger partial charge in [0, 0.05) is 23.5 Å². The van der Waals surface area contributed by atoms with Crippen LogP contribution in [-0.2, 0) is 4.79 Å². The quantitative estimate of drug-likeness (QED) is 0.759. The lowest BCUT2D eigenvalue weighted by molar-refractivity contribution is -0.124. The van der Waals surface area contributed by atoms with Gasteiger partial charge in [0.1, 0.15) is 6.04 Å². The van der Waals surface area contributed by atoms with Crippen molar-refractivity contribution in [2.24, 2.45) is 0 Å². The molecule has 1 aromatic carbocycles. The molecule has 1 saturated heterocycles. The van der Waals surface area contributed by atoms with Crippen LogP contribution in [0, 0.1) is 13.8 Å². The summed E-state index contributed by atoms with van der Waals surface area (Å²) in [6.45, 7) is 4.18. The Hall–Kier alpha value is -2.38. The smallest absolute Gasteiger partial charge is 0.261 e. The molecule has 2 N–H and O–H groups in total. The SMILES string of the molecule is Cc1cc(C)nc(NNC(=O)C2CCCN2C(=O)c2ccc(Cl)c(Cl)c2)n1. The topological polar surface area (TPSA) is 87.2 Å². The van der Waals surface area contributed by atoms with Crippen molar-refractivity contribution in [1.82, 2.24) is 20.3 Å². The number of hydrazine groups is 1. The number of hydrogen-bond donors (Lipinski definition) is 2. The minimum atomic E-state index is -0.578. The number of aryl methyl sites for hydroxylation is 2. The van der Waals surface area contributed by atoms with E-state index >= 15 is 0 Å². The number of carbonyl (C=O) groups excluding carboxylic acids is 2. The maximum absolute atomic E-state index is 12.8. The number of aromatic nitrogens is 2. The van der Waals surface area contributed by atoms with Crippen molar-refractivity contribution in [2.75, 3.05) is 12.0 Å². The third-order valence-corrected chi connectivity index (χ3v) is 5.00. The molecule has 1 fully saturated rings. The molecule has 2 amide bonds. The largest absolute Gasteiger partial charge is 0.327 e. The highest BCUT2D eigenvalue weighted by Gasteiger charge is 2.34. The van der Waals surface area contributed by atoms with E-state index in [1.54, 1.807) is 17.0 Å². The van der Waals surface area contributed by atoms with Crippen LogP contribution >= 0.6 is 23.2 Å². The first kappa shape index (κ1) is 19.4. The number of hydrogen-bond acceptors (Lipinski definition) is 5. The molecule has 9 heteroatoms. The second-order valence-corrected chi connectivity index (χ2v) is 7.19. The van der Waals surface area contributed by atoms with Gasteiger partial charge in [-0.05, 0) is 51.0 Å². The van der Waals surface area contributed by atoms with E-state index in [0.717, 1.165) is 17.8 Å². The molecular weight excluding hydrogens is 389 g/mol. The van der Waals surface area contributed by atoms with E-state index in [2.05, 4.69) is 20.8 Å². The first-order valence-electron chi connectivity index (χ1n) is 8.49. The lowest BCUT2D eigenvalue weighted by atomic mass is 10.1. The fraction of sp³-hybridized carbons (Fsp3) is 0.333. The molecule has 142 valence electrons. The van der Waals surface area contributed by atoms with Gasteiger partial charge in [-0.15, -0.1) is 0 Å². The number of rotatable bonds is 4. The highest BCUT2D eigenvalue weighted by molar-refractivity contribution is 6.42. The predicted molar refractivity (Wildman–Crippen MR) is 104 cm³/mol. The van der Waals surface area contributed by atoms with Gasteiger partial charge in [-0.25, -0.2) is 9.97 Å². The number of anilines is 1. The van der Waals surface area contributed by atoms with Crippen molar-refractivity contribution in [3.63, 3.8) is 0 Å². The molecule has 0 radical (unpaired) electrons. The monoisotopic (exact) mass is 407 g/mol. The van der Waals surface area contributed by atoms with Gasteiger partial charge in [0.25, 0.3) is 11.8 Å². The van der Waals surface area contributed by atoms with Gasteiger partial charge in [-0.2, -0.15) is 0 Å². The van der Waals surface area contributed by atoms with E-state index in [-0.39, 0.29) is 11.8 Å². The molecule has 1 unspecified atom stereocenters. The Bertz CT molecular complexity index is 870. The van der Waals surface area contributed by atoms with Crippen molar-refractivity contribution in [1.29, 1.82) is 0 Å². The summed E-state index contributed by atoms with van der Waals surface area (Å²) >= 11 is 11.9. The lowest BCUT2D eigenvalue weighted by Crippen LogP contribution is -2.47. The Morgan fingerprint density at radius 3 is 2.48 bits per heavy atom. The lowest BCUT2D eigenvalue weighted by Gasteiger charge is -2.24. The molecule has 1 aliphatic rings. The Balaban J connectivity index is 1.68. The Morgan fingerprint density at radius 1 is 1.11 bits per heavy atom. The van der Waals surface area contributed by atoms with Gasteiger partial charge in [0.05, 0.1) is 10.0 Å². The molecule has 27 heavy (non-hydrogen) atoms. The second-order valence-electron chi connectivity index (χ2n) is 6.37. The zero-order valence-electron chi connectivity index (χ0n) is 14.9. The minimum Gasteiger partial charge on any atom is -0.327 e. The highest BCUT2D eigenvalue weighted by atomic mass is 35.5. The number of likely N-dealkylation sites (tertiary alicyclic amines) is 1. The molecule has 0 aliphatic carbocycles. The average Bonchev–Trinajstić information content (AvgIpc) is 3.10. The second kappa shape index (κ2) is 8.10. The molecule has 0 bridgehead atoms. The fourth-order valence-corrected chi connectivity index (χ4v) is 3.36. The zero-order chi connectivity index (χ0) is 19.6. The summed E-state index contributed by atoms with van der Waals surface area (Å²) in [6.07, 6.45) is 1.32.